The van der Waals surface area contributed by atoms with E-state index >= 15 is 0 Å². The zero-order valence-corrected chi connectivity index (χ0v) is 36.1. The van der Waals surface area contributed by atoms with E-state index in [1.807, 2.05) is 80.7 Å². The van der Waals surface area contributed by atoms with Gasteiger partial charge in [0.1, 0.15) is 18.4 Å². The van der Waals surface area contributed by atoms with E-state index in [1.165, 1.54) is 30.4 Å². The third kappa shape index (κ3) is 10.6. The minimum absolute atomic E-state index is 0.186. The predicted octanol–water partition coefficient (Wildman–Crippen LogP) is 9.48. The lowest BCUT2D eigenvalue weighted by molar-refractivity contribution is -0.126. The lowest BCUT2D eigenvalue weighted by atomic mass is 9.86. The molecular formula is C51H58N4O7. The van der Waals surface area contributed by atoms with Crippen LogP contribution in [0.15, 0.2) is 103 Å². The zero-order chi connectivity index (χ0) is 43.6. The number of amides is 3. The fourth-order valence-corrected chi connectivity index (χ4v) is 8.72. The topological polar surface area (TPSA) is 139 Å². The molecule has 11 nitrogen and oxygen atoms in total. The maximum Gasteiger partial charge on any atom is 0.318 e. The minimum Gasteiger partial charge on any atom is -0.490 e. The van der Waals surface area contributed by atoms with Gasteiger partial charge in [-0.1, -0.05) is 80.1 Å². The molecule has 3 amide bonds. The van der Waals surface area contributed by atoms with Crippen LogP contribution in [0.2, 0.25) is 0 Å². The van der Waals surface area contributed by atoms with Gasteiger partial charge in [0.25, 0.3) is 6.47 Å². The summed E-state index contributed by atoms with van der Waals surface area (Å²) in [7, 11) is 0. The number of carboxylic acid groups (broad SMARTS) is 1. The first-order chi connectivity index (χ1) is 30.1. The van der Waals surface area contributed by atoms with Gasteiger partial charge in [-0.3, -0.25) is 14.6 Å². The van der Waals surface area contributed by atoms with Crippen LogP contribution in [0.1, 0.15) is 97.2 Å². The second-order valence-electron chi connectivity index (χ2n) is 16.6. The maximum atomic E-state index is 14.1. The quantitative estimate of drug-likeness (QED) is 0.112. The fourth-order valence-electron chi connectivity index (χ4n) is 8.72. The first-order valence-electron chi connectivity index (χ1n) is 21.8. The Balaban J connectivity index is 0.00000187. The van der Waals surface area contributed by atoms with Gasteiger partial charge < -0.3 is 34.9 Å². The molecule has 324 valence electrons. The zero-order valence-electron chi connectivity index (χ0n) is 36.1. The predicted molar refractivity (Wildman–Crippen MR) is 239 cm³/mol. The largest absolute Gasteiger partial charge is 0.490 e. The number of hydrogen-bond donors (Lipinski definition) is 3. The lowest BCUT2D eigenvalue weighted by Crippen LogP contribution is -2.55. The van der Waals surface area contributed by atoms with Crippen molar-refractivity contribution in [3.63, 3.8) is 0 Å². The summed E-state index contributed by atoms with van der Waals surface area (Å²) < 4.78 is 19.2. The number of urea groups is 1. The van der Waals surface area contributed by atoms with E-state index in [0.717, 1.165) is 63.6 Å². The number of ether oxygens (including phenoxy) is 3. The molecular weight excluding hydrogens is 781 g/mol. The number of aryl methyl sites for hydroxylation is 1. The number of nitrogens with zero attached hydrogens (tertiary/aromatic N) is 2. The van der Waals surface area contributed by atoms with E-state index in [9.17, 15) is 9.59 Å². The Kier molecular flexibility index (Phi) is 14.4. The number of pyridine rings is 1. The van der Waals surface area contributed by atoms with Crippen molar-refractivity contribution in [1.29, 1.82) is 0 Å². The lowest BCUT2D eigenvalue weighted by Gasteiger charge is -2.37. The molecule has 2 aliphatic heterocycles. The molecule has 11 heteroatoms. The molecule has 3 aliphatic rings. The van der Waals surface area contributed by atoms with Crippen molar-refractivity contribution in [2.45, 2.75) is 103 Å². The van der Waals surface area contributed by atoms with Gasteiger partial charge in [0.2, 0.25) is 5.91 Å². The second-order valence-corrected chi connectivity index (χ2v) is 16.6. The number of rotatable bonds is 11. The summed E-state index contributed by atoms with van der Waals surface area (Å²) in [6.07, 6.45) is 8.81. The van der Waals surface area contributed by atoms with Crippen LogP contribution in [0, 0.1) is 19.8 Å². The van der Waals surface area contributed by atoms with Crippen LogP contribution in [0.5, 0.6) is 17.2 Å². The van der Waals surface area contributed by atoms with Crippen molar-refractivity contribution in [2.75, 3.05) is 13.2 Å². The van der Waals surface area contributed by atoms with Gasteiger partial charge in [0.05, 0.1) is 12.1 Å². The highest BCUT2D eigenvalue weighted by Crippen LogP contribution is 2.41. The van der Waals surface area contributed by atoms with Gasteiger partial charge in [-0.05, 0) is 134 Å². The Bertz CT molecular complexity index is 2290. The Labute approximate surface area is 364 Å². The molecule has 0 saturated heterocycles. The molecule has 0 spiro atoms. The Hall–Kier alpha value is -6.36. The summed E-state index contributed by atoms with van der Waals surface area (Å²) in [5, 5.41) is 13.2. The van der Waals surface area contributed by atoms with Crippen LogP contribution < -0.4 is 24.8 Å². The molecule has 8 rings (SSSR count). The average molecular weight is 839 g/mol. The van der Waals surface area contributed by atoms with Crippen LogP contribution in [-0.4, -0.2) is 58.7 Å². The van der Waals surface area contributed by atoms with Gasteiger partial charge in [-0.2, -0.15) is 0 Å². The van der Waals surface area contributed by atoms with Gasteiger partial charge in [-0.25, -0.2) is 4.79 Å². The summed E-state index contributed by atoms with van der Waals surface area (Å²) in [5.74, 6) is 2.82. The molecule has 62 heavy (non-hydrogen) atoms. The summed E-state index contributed by atoms with van der Waals surface area (Å²) in [6.45, 7) is 9.17. The van der Waals surface area contributed by atoms with Crippen LogP contribution in [0.3, 0.4) is 0 Å². The molecule has 1 aromatic heterocycles. The normalized spacial score (nSPS) is 19.5. The van der Waals surface area contributed by atoms with Crippen LogP contribution in [-0.2, 0) is 29.0 Å². The van der Waals surface area contributed by atoms with Crippen molar-refractivity contribution in [1.82, 2.24) is 20.5 Å². The molecule has 3 heterocycles. The Morgan fingerprint density at radius 1 is 0.935 bits per heavy atom. The number of aromatic nitrogens is 1. The van der Waals surface area contributed by atoms with Crippen molar-refractivity contribution in [3.05, 3.63) is 142 Å². The van der Waals surface area contributed by atoms with Crippen molar-refractivity contribution < 1.29 is 33.7 Å². The van der Waals surface area contributed by atoms with E-state index in [4.69, 9.17) is 24.1 Å². The number of fused-ring (bicyclic) bond motifs is 2. The highest BCUT2D eigenvalue weighted by Gasteiger charge is 2.37. The molecule has 5 aromatic rings. The molecule has 3 atom stereocenters. The number of nitrogens with one attached hydrogen (secondary N) is 2. The molecule has 1 saturated carbocycles. The Morgan fingerprint density at radius 2 is 1.65 bits per heavy atom. The first-order valence-corrected chi connectivity index (χ1v) is 21.8. The number of carbonyl (C=O) groups excluding carboxylic acids is 2. The molecule has 1 fully saturated rings. The maximum absolute atomic E-state index is 14.1. The highest BCUT2D eigenvalue weighted by atomic mass is 16.6. The third-order valence-corrected chi connectivity index (χ3v) is 12.6. The average Bonchev–Trinajstić information content (AvgIpc) is 3.30. The summed E-state index contributed by atoms with van der Waals surface area (Å²) >= 11 is 0. The number of hydrogen-bond acceptors (Lipinski definition) is 7. The van der Waals surface area contributed by atoms with E-state index in [1.54, 1.807) is 4.90 Å². The molecule has 0 bridgehead atoms. The summed E-state index contributed by atoms with van der Waals surface area (Å²) in [5.41, 5.74) is 9.52. The van der Waals surface area contributed by atoms with Crippen molar-refractivity contribution in [2.24, 2.45) is 5.92 Å². The summed E-state index contributed by atoms with van der Waals surface area (Å²) in [4.78, 5) is 42.5. The Morgan fingerprint density at radius 3 is 2.35 bits per heavy atom. The second kappa shape index (κ2) is 20.5. The molecule has 4 aromatic carbocycles. The third-order valence-electron chi connectivity index (χ3n) is 12.6. The van der Waals surface area contributed by atoms with Gasteiger partial charge in [0, 0.05) is 31.4 Å². The van der Waals surface area contributed by atoms with Gasteiger partial charge in [-0.15, -0.1) is 0 Å². The molecule has 3 N–H and O–H groups in total. The standard InChI is InChI=1S/C50H56N4O5.CH2O2/c1-5-35-13-19-42(20-14-35)58-43-21-17-39(18-22-43)48-31-57-46-28-40-27-45(49(55)52-25-23-36-11-15-38(16-12-36)44-24-26-51-33(3)32(44)2)54(30-41(40)29-47(46)59-48)50(56)53-34(4)37-9-7-6-8-10-37;2-1-3/h6-12,15-18,21-22,24,26,28-29,34-35,42,45,48H,5,13-14,19-20,23,25,27,30-31H2,1-4H3,(H,52,55)(H,53,56);1H,(H,2,3)/t34-,35?,42?,45?,48?;/m1./s1. The van der Waals surface area contributed by atoms with Gasteiger partial charge in [0.15, 0.2) is 17.6 Å². The van der Waals surface area contributed by atoms with Gasteiger partial charge >= 0.3 is 6.03 Å². The van der Waals surface area contributed by atoms with Crippen LogP contribution in [0.25, 0.3) is 11.1 Å². The molecule has 1 aliphatic carbocycles. The summed E-state index contributed by atoms with van der Waals surface area (Å²) in [6, 6.07) is 31.3. The number of carbonyl (C=O) groups is 3. The SMILES string of the molecule is CCC1CCC(Oc2ccc(C3COc4cc5c(cc4O3)CN(C(=O)N[C@H](C)c3ccccc3)C(C(=O)NCCc3ccc(-c4ccnc(C)c4C)cc3)C5)cc2)CC1.O=CO. The first kappa shape index (κ1) is 43.7. The van der Waals surface area contributed by atoms with E-state index in [0.29, 0.717) is 37.5 Å². The number of benzene rings is 4. The fraction of sp³-hybridized carbons (Fsp3) is 0.373. The smallest absolute Gasteiger partial charge is 0.318 e. The van der Waals surface area contributed by atoms with Crippen molar-refractivity contribution in [3.8, 4) is 28.4 Å². The van der Waals surface area contributed by atoms with Crippen LogP contribution in [0.4, 0.5) is 4.79 Å². The van der Waals surface area contributed by atoms with Crippen LogP contribution >= 0.6 is 0 Å². The molecule has 0 radical (unpaired) electrons. The van der Waals surface area contributed by atoms with E-state index < -0.39 is 6.04 Å². The van der Waals surface area contributed by atoms with E-state index in [2.05, 4.69) is 65.9 Å². The molecule has 2 unspecified atom stereocenters. The minimum atomic E-state index is -0.705. The van der Waals surface area contributed by atoms with E-state index in [-0.39, 0.29) is 43.2 Å². The monoisotopic (exact) mass is 838 g/mol. The van der Waals surface area contributed by atoms with Crippen molar-refractivity contribution >= 4 is 18.4 Å². The highest BCUT2D eigenvalue weighted by molar-refractivity contribution is 5.88.